The van der Waals surface area contributed by atoms with Gasteiger partial charge in [-0.1, -0.05) is 18.2 Å². The minimum absolute atomic E-state index is 0.0670. The summed E-state index contributed by atoms with van der Waals surface area (Å²) in [6.07, 6.45) is 1.27. The first-order valence-electron chi connectivity index (χ1n) is 6.35. The summed E-state index contributed by atoms with van der Waals surface area (Å²) < 4.78 is 9.74. The lowest BCUT2D eigenvalue weighted by atomic mass is 9.74. The van der Waals surface area contributed by atoms with Crippen molar-refractivity contribution in [3.63, 3.8) is 0 Å². The van der Waals surface area contributed by atoms with E-state index >= 15 is 0 Å². The molecule has 110 valence electrons. The van der Waals surface area contributed by atoms with Gasteiger partial charge in [-0.25, -0.2) is 4.79 Å². The summed E-state index contributed by atoms with van der Waals surface area (Å²) in [6.45, 7) is 0. The minimum Gasteiger partial charge on any atom is -0.463 e. The number of amides is 1. The van der Waals surface area contributed by atoms with Crippen molar-refractivity contribution in [3.8, 4) is 6.07 Å². The van der Waals surface area contributed by atoms with Gasteiger partial charge in [0, 0.05) is 11.3 Å². The van der Waals surface area contributed by atoms with E-state index in [-0.39, 0.29) is 17.2 Å². The molecule has 0 radical (unpaired) electrons. The molecule has 3 N–H and O–H groups in total. The lowest BCUT2D eigenvalue weighted by Crippen LogP contribution is -2.40. The number of hydrogen-bond donors (Lipinski definition) is 2. The van der Waals surface area contributed by atoms with E-state index in [1.807, 2.05) is 6.07 Å². The van der Waals surface area contributed by atoms with Crippen LogP contribution in [0.1, 0.15) is 5.56 Å². The lowest BCUT2D eigenvalue weighted by Gasteiger charge is -2.28. The van der Waals surface area contributed by atoms with Crippen LogP contribution in [0.25, 0.3) is 0 Å². The number of nitrogens with two attached hydrogens (primary N) is 1. The maximum absolute atomic E-state index is 12.6. The summed E-state index contributed by atoms with van der Waals surface area (Å²) in [6, 6.07) is 8.78. The Labute approximate surface area is 125 Å². The van der Waals surface area contributed by atoms with Crippen molar-refractivity contribution in [3.05, 3.63) is 53.1 Å². The summed E-state index contributed by atoms with van der Waals surface area (Å²) in [4.78, 5) is 24.3. The second kappa shape index (κ2) is 4.63. The molecule has 3 rings (SSSR count). The average Bonchev–Trinajstić information content (AvgIpc) is 2.79. The summed E-state index contributed by atoms with van der Waals surface area (Å²) in [7, 11) is 1.18. The normalized spacial score (nSPS) is 22.4. The molecule has 2 heterocycles. The van der Waals surface area contributed by atoms with E-state index in [1.54, 1.807) is 24.3 Å². The van der Waals surface area contributed by atoms with Crippen LogP contribution in [0.2, 0.25) is 0 Å². The van der Waals surface area contributed by atoms with E-state index in [4.69, 9.17) is 10.5 Å². The van der Waals surface area contributed by atoms with Crippen LogP contribution in [0.3, 0.4) is 0 Å². The third-order valence-electron chi connectivity index (χ3n) is 3.66. The first-order chi connectivity index (χ1) is 10.5. The summed E-state index contributed by atoms with van der Waals surface area (Å²) in [5, 5.41) is 12.1. The molecule has 1 atom stereocenters. The summed E-state index contributed by atoms with van der Waals surface area (Å²) in [5.41, 5.74) is 5.28. The molecule has 0 saturated heterocycles. The van der Waals surface area contributed by atoms with Crippen molar-refractivity contribution >= 4 is 17.6 Å². The Hall–Kier alpha value is -3.27. The molecule has 0 fully saturated rings. The Kier molecular flexibility index (Phi) is 2.88. The molecule has 0 aliphatic carbocycles. The quantitative estimate of drug-likeness (QED) is 0.736. The molecule has 2 aliphatic heterocycles. The Balaban J connectivity index is 2.31. The maximum atomic E-state index is 12.6. The molecular weight excluding hydrogens is 286 g/mol. The number of benzene rings is 1. The van der Waals surface area contributed by atoms with Crippen molar-refractivity contribution in [2.45, 2.75) is 5.41 Å². The predicted molar refractivity (Wildman–Crippen MR) is 74.8 cm³/mol. The standard InChI is InChI=1S/C15H11N3O4/c1-21-13(19)11-6-15(9(7-16)12(17)22-11)8-4-2-3-5-10(8)18-14(15)20/h2-6H,17H2,1H3,(H,18,20)/t15-/m1/s1. The van der Waals surface area contributed by atoms with Gasteiger partial charge < -0.3 is 20.5 Å². The second-order valence-electron chi connectivity index (χ2n) is 4.76. The smallest absolute Gasteiger partial charge is 0.373 e. The highest BCUT2D eigenvalue weighted by molar-refractivity contribution is 6.12. The number of rotatable bonds is 1. The highest BCUT2D eigenvalue weighted by Gasteiger charge is 2.53. The van der Waals surface area contributed by atoms with Gasteiger partial charge in [0.15, 0.2) is 0 Å². The lowest BCUT2D eigenvalue weighted by molar-refractivity contribution is -0.139. The van der Waals surface area contributed by atoms with Gasteiger partial charge in [-0.15, -0.1) is 0 Å². The number of carbonyl (C=O) groups is 2. The molecular formula is C15H11N3O4. The van der Waals surface area contributed by atoms with Gasteiger partial charge in [0.2, 0.25) is 17.5 Å². The van der Waals surface area contributed by atoms with Crippen LogP contribution in [-0.4, -0.2) is 19.0 Å². The van der Waals surface area contributed by atoms with Crippen LogP contribution in [0.5, 0.6) is 0 Å². The number of hydrogen-bond acceptors (Lipinski definition) is 6. The fraction of sp³-hybridized carbons (Fsp3) is 0.133. The van der Waals surface area contributed by atoms with Gasteiger partial charge in [0.25, 0.3) is 0 Å². The van der Waals surface area contributed by atoms with Gasteiger partial charge in [-0.2, -0.15) is 5.26 Å². The molecule has 1 aromatic rings. The van der Waals surface area contributed by atoms with Gasteiger partial charge in [-0.3, -0.25) is 4.79 Å². The molecule has 0 bridgehead atoms. The molecule has 1 aromatic carbocycles. The van der Waals surface area contributed by atoms with Gasteiger partial charge in [-0.05, 0) is 12.1 Å². The summed E-state index contributed by atoms with van der Waals surface area (Å²) >= 11 is 0. The Morgan fingerprint density at radius 1 is 1.45 bits per heavy atom. The maximum Gasteiger partial charge on any atom is 0.373 e. The highest BCUT2D eigenvalue weighted by Crippen LogP contribution is 2.47. The zero-order chi connectivity index (χ0) is 15.9. The molecule has 0 saturated carbocycles. The number of carbonyl (C=O) groups excluding carboxylic acids is 2. The van der Waals surface area contributed by atoms with Gasteiger partial charge in [0.1, 0.15) is 17.1 Å². The minimum atomic E-state index is -1.49. The van der Waals surface area contributed by atoms with Crippen LogP contribution in [0.15, 0.2) is 47.6 Å². The molecule has 22 heavy (non-hydrogen) atoms. The number of para-hydroxylation sites is 1. The van der Waals surface area contributed by atoms with E-state index in [0.29, 0.717) is 11.3 Å². The number of nitrogens with zero attached hydrogens (tertiary/aromatic N) is 1. The number of esters is 1. The zero-order valence-electron chi connectivity index (χ0n) is 11.5. The molecule has 7 nitrogen and oxygen atoms in total. The third kappa shape index (κ3) is 1.61. The van der Waals surface area contributed by atoms with Gasteiger partial charge >= 0.3 is 5.97 Å². The number of fused-ring (bicyclic) bond motifs is 2. The summed E-state index contributed by atoms with van der Waals surface area (Å²) in [5.74, 6) is -1.78. The monoisotopic (exact) mass is 297 g/mol. The fourth-order valence-corrected chi connectivity index (χ4v) is 2.68. The Morgan fingerprint density at radius 3 is 2.86 bits per heavy atom. The largest absolute Gasteiger partial charge is 0.463 e. The van der Waals surface area contributed by atoms with Crippen LogP contribution < -0.4 is 11.1 Å². The SMILES string of the molecule is COC(=O)C1=C[C@]2(C(=O)Nc3ccccc32)C(C#N)=C(N)O1. The van der Waals surface area contributed by atoms with Crippen molar-refractivity contribution < 1.29 is 19.1 Å². The fourth-order valence-electron chi connectivity index (χ4n) is 2.68. The van der Waals surface area contributed by atoms with Gasteiger partial charge in [0.05, 0.1) is 7.11 Å². The van der Waals surface area contributed by atoms with E-state index in [0.717, 1.165) is 0 Å². The molecule has 0 aromatic heterocycles. The highest BCUT2D eigenvalue weighted by atomic mass is 16.6. The predicted octanol–water partition coefficient (Wildman–Crippen LogP) is 0.657. The topological polar surface area (TPSA) is 114 Å². The number of methoxy groups -OCH3 is 1. The molecule has 7 heteroatoms. The van der Waals surface area contributed by atoms with Crippen molar-refractivity contribution in [1.29, 1.82) is 5.26 Å². The first-order valence-corrected chi connectivity index (χ1v) is 6.35. The molecule has 1 amide bonds. The Morgan fingerprint density at radius 2 is 2.18 bits per heavy atom. The average molecular weight is 297 g/mol. The number of nitrogens with one attached hydrogen (secondary N) is 1. The number of anilines is 1. The van der Waals surface area contributed by atoms with Crippen molar-refractivity contribution in [1.82, 2.24) is 0 Å². The number of nitriles is 1. The zero-order valence-corrected chi connectivity index (χ0v) is 11.5. The van der Waals surface area contributed by atoms with Crippen molar-refractivity contribution in [2.75, 3.05) is 12.4 Å². The van der Waals surface area contributed by atoms with E-state index < -0.39 is 17.3 Å². The third-order valence-corrected chi connectivity index (χ3v) is 3.66. The van der Waals surface area contributed by atoms with E-state index in [9.17, 15) is 14.9 Å². The van der Waals surface area contributed by atoms with Crippen LogP contribution >= 0.6 is 0 Å². The first kappa shape index (κ1) is 13.7. The second-order valence-corrected chi connectivity index (χ2v) is 4.76. The molecule has 1 spiro atoms. The van der Waals surface area contributed by atoms with E-state index in [2.05, 4.69) is 10.1 Å². The van der Waals surface area contributed by atoms with Crippen molar-refractivity contribution in [2.24, 2.45) is 5.73 Å². The van der Waals surface area contributed by atoms with Crippen LogP contribution in [0.4, 0.5) is 5.69 Å². The molecule has 2 aliphatic rings. The Bertz CT molecular complexity index is 803. The van der Waals surface area contributed by atoms with Crippen LogP contribution in [-0.2, 0) is 24.5 Å². The van der Waals surface area contributed by atoms with E-state index in [1.165, 1.54) is 13.2 Å². The molecule has 0 unspecified atom stereocenters. The van der Waals surface area contributed by atoms with Crippen LogP contribution in [0, 0.1) is 11.3 Å². The number of ether oxygens (including phenoxy) is 2.